The van der Waals surface area contributed by atoms with E-state index in [0.717, 1.165) is 12.2 Å². The molecule has 0 radical (unpaired) electrons. The number of pyridine rings is 1. The van der Waals surface area contributed by atoms with Gasteiger partial charge in [0, 0.05) is 18.4 Å². The van der Waals surface area contributed by atoms with Gasteiger partial charge in [0.1, 0.15) is 0 Å². The Balaban J connectivity index is 2.68. The number of aromatic nitrogens is 1. The maximum Gasteiger partial charge on any atom is 0.0483 e. The minimum Gasteiger partial charge on any atom is -0.271 e. The Labute approximate surface area is 89.5 Å². The molecule has 1 aromatic rings. The Morgan fingerprint density at radius 3 is 2.93 bits per heavy atom. The molecular formula is C10H17N3S. The number of nitrogens with zero attached hydrogens (tertiary/aromatic N) is 1. The first-order chi connectivity index (χ1) is 6.77. The van der Waals surface area contributed by atoms with Crippen LogP contribution in [0.3, 0.4) is 0 Å². The van der Waals surface area contributed by atoms with Gasteiger partial charge in [-0.2, -0.15) is 11.8 Å². The summed E-state index contributed by atoms with van der Waals surface area (Å²) in [5.41, 5.74) is 5.17. The van der Waals surface area contributed by atoms with Crippen LogP contribution in [0.5, 0.6) is 0 Å². The fraction of sp³-hybridized carbons (Fsp3) is 0.500. The molecule has 3 N–H and O–H groups in total. The number of hydrazine groups is 1. The molecule has 0 saturated carbocycles. The lowest BCUT2D eigenvalue weighted by atomic mass is 10.1. The molecule has 1 rings (SSSR count). The first-order valence-corrected chi connectivity index (χ1v) is 6.04. The van der Waals surface area contributed by atoms with Gasteiger partial charge in [0.15, 0.2) is 0 Å². The van der Waals surface area contributed by atoms with Crippen molar-refractivity contribution in [3.8, 4) is 0 Å². The zero-order valence-electron chi connectivity index (χ0n) is 8.66. The van der Waals surface area contributed by atoms with Gasteiger partial charge in [-0.3, -0.25) is 16.3 Å². The van der Waals surface area contributed by atoms with Gasteiger partial charge in [-0.1, -0.05) is 6.07 Å². The fourth-order valence-electron chi connectivity index (χ4n) is 1.35. The smallest absolute Gasteiger partial charge is 0.0483 e. The van der Waals surface area contributed by atoms with Gasteiger partial charge in [0.25, 0.3) is 0 Å². The highest BCUT2D eigenvalue weighted by Crippen LogP contribution is 2.17. The van der Waals surface area contributed by atoms with E-state index in [1.807, 2.05) is 31.1 Å². The van der Waals surface area contributed by atoms with E-state index in [4.69, 9.17) is 5.84 Å². The van der Waals surface area contributed by atoms with Crippen LogP contribution in [0.2, 0.25) is 0 Å². The van der Waals surface area contributed by atoms with Crippen LogP contribution in [0.15, 0.2) is 18.5 Å². The molecule has 1 heterocycles. The van der Waals surface area contributed by atoms with E-state index in [1.165, 1.54) is 11.1 Å². The lowest BCUT2D eigenvalue weighted by Gasteiger charge is -2.15. The Morgan fingerprint density at radius 1 is 1.57 bits per heavy atom. The second kappa shape index (κ2) is 6.01. The second-order valence-electron chi connectivity index (χ2n) is 3.30. The number of nitrogens with one attached hydrogen (secondary N) is 1. The molecule has 0 aliphatic heterocycles. The summed E-state index contributed by atoms with van der Waals surface area (Å²) in [5.74, 6) is 6.61. The summed E-state index contributed by atoms with van der Waals surface area (Å²) in [6, 6.07) is 2.34. The van der Waals surface area contributed by atoms with E-state index in [1.54, 1.807) is 0 Å². The molecule has 1 atom stereocenters. The molecule has 3 nitrogen and oxygen atoms in total. The largest absolute Gasteiger partial charge is 0.271 e. The number of hydrogen-bond acceptors (Lipinski definition) is 4. The maximum atomic E-state index is 5.51. The monoisotopic (exact) mass is 211 g/mol. The van der Waals surface area contributed by atoms with Crippen molar-refractivity contribution in [2.75, 3.05) is 12.0 Å². The van der Waals surface area contributed by atoms with Crippen molar-refractivity contribution in [3.05, 3.63) is 29.6 Å². The van der Waals surface area contributed by atoms with Crippen molar-refractivity contribution in [1.82, 2.24) is 10.4 Å². The molecule has 0 bridgehead atoms. The van der Waals surface area contributed by atoms with Crippen LogP contribution < -0.4 is 11.3 Å². The average Bonchev–Trinajstić information content (AvgIpc) is 2.19. The van der Waals surface area contributed by atoms with E-state index in [2.05, 4.69) is 22.7 Å². The van der Waals surface area contributed by atoms with Crippen LogP contribution in [0.25, 0.3) is 0 Å². The van der Waals surface area contributed by atoms with Gasteiger partial charge in [-0.15, -0.1) is 0 Å². The van der Waals surface area contributed by atoms with Crippen LogP contribution >= 0.6 is 11.8 Å². The number of hydrogen-bond donors (Lipinski definition) is 2. The SMILES string of the molecule is CSCCC(NN)c1cncc(C)c1. The maximum absolute atomic E-state index is 5.51. The van der Waals surface area contributed by atoms with E-state index in [9.17, 15) is 0 Å². The summed E-state index contributed by atoms with van der Waals surface area (Å²) in [7, 11) is 0. The van der Waals surface area contributed by atoms with E-state index >= 15 is 0 Å². The third-order valence-electron chi connectivity index (χ3n) is 2.11. The molecule has 4 heteroatoms. The molecule has 0 amide bonds. The topological polar surface area (TPSA) is 50.9 Å². The summed E-state index contributed by atoms with van der Waals surface area (Å²) < 4.78 is 0. The number of nitrogens with two attached hydrogens (primary N) is 1. The molecule has 0 aliphatic carbocycles. The van der Waals surface area contributed by atoms with Gasteiger partial charge in [0.05, 0.1) is 0 Å². The second-order valence-corrected chi connectivity index (χ2v) is 4.28. The van der Waals surface area contributed by atoms with Crippen molar-refractivity contribution in [1.29, 1.82) is 0 Å². The van der Waals surface area contributed by atoms with E-state index < -0.39 is 0 Å². The van der Waals surface area contributed by atoms with E-state index in [-0.39, 0.29) is 6.04 Å². The zero-order chi connectivity index (χ0) is 10.4. The highest BCUT2D eigenvalue weighted by molar-refractivity contribution is 7.98. The zero-order valence-corrected chi connectivity index (χ0v) is 9.47. The Hall–Kier alpha value is -0.580. The summed E-state index contributed by atoms with van der Waals surface area (Å²) in [6.07, 6.45) is 6.86. The molecule has 78 valence electrons. The molecular weight excluding hydrogens is 194 g/mol. The molecule has 14 heavy (non-hydrogen) atoms. The Bertz CT molecular complexity index is 278. The van der Waals surface area contributed by atoms with Gasteiger partial charge >= 0.3 is 0 Å². The van der Waals surface area contributed by atoms with Crippen molar-refractivity contribution >= 4 is 11.8 Å². The van der Waals surface area contributed by atoms with Gasteiger partial charge in [0.2, 0.25) is 0 Å². The third-order valence-corrected chi connectivity index (χ3v) is 2.75. The lowest BCUT2D eigenvalue weighted by Crippen LogP contribution is -2.28. The fourth-order valence-corrected chi connectivity index (χ4v) is 1.82. The molecule has 0 aliphatic rings. The summed E-state index contributed by atoms with van der Waals surface area (Å²) in [5, 5.41) is 0. The predicted molar refractivity (Wildman–Crippen MR) is 62.0 cm³/mol. The Kier molecular flexibility index (Phi) is 4.93. The molecule has 0 aromatic carbocycles. The van der Waals surface area contributed by atoms with Crippen molar-refractivity contribution in [2.45, 2.75) is 19.4 Å². The normalized spacial score (nSPS) is 12.8. The van der Waals surface area contributed by atoms with Crippen LogP contribution in [0.4, 0.5) is 0 Å². The highest BCUT2D eigenvalue weighted by Gasteiger charge is 2.08. The quantitative estimate of drug-likeness (QED) is 0.574. The summed E-state index contributed by atoms with van der Waals surface area (Å²) in [6.45, 7) is 2.04. The van der Waals surface area contributed by atoms with Crippen LogP contribution in [0.1, 0.15) is 23.6 Å². The van der Waals surface area contributed by atoms with Crippen molar-refractivity contribution in [3.63, 3.8) is 0 Å². The number of aryl methyl sites for hydroxylation is 1. The van der Waals surface area contributed by atoms with Crippen LogP contribution in [-0.2, 0) is 0 Å². The minimum atomic E-state index is 0.217. The minimum absolute atomic E-state index is 0.217. The van der Waals surface area contributed by atoms with Gasteiger partial charge < -0.3 is 0 Å². The van der Waals surface area contributed by atoms with Crippen LogP contribution in [-0.4, -0.2) is 17.0 Å². The Morgan fingerprint density at radius 2 is 2.36 bits per heavy atom. The molecule has 0 spiro atoms. The summed E-state index contributed by atoms with van der Waals surface area (Å²) >= 11 is 1.83. The number of rotatable bonds is 5. The first kappa shape index (κ1) is 11.5. The van der Waals surface area contributed by atoms with Crippen LogP contribution in [0, 0.1) is 6.92 Å². The summed E-state index contributed by atoms with van der Waals surface area (Å²) in [4.78, 5) is 4.16. The van der Waals surface area contributed by atoms with Gasteiger partial charge in [-0.25, -0.2) is 0 Å². The standard InChI is InChI=1S/C10H17N3S/c1-8-5-9(7-12-6-8)10(13-11)3-4-14-2/h5-7,10,13H,3-4,11H2,1-2H3. The third kappa shape index (κ3) is 3.29. The first-order valence-electron chi connectivity index (χ1n) is 4.64. The average molecular weight is 211 g/mol. The molecule has 0 saturated heterocycles. The van der Waals surface area contributed by atoms with Crippen molar-refractivity contribution < 1.29 is 0 Å². The number of thioether (sulfide) groups is 1. The van der Waals surface area contributed by atoms with Gasteiger partial charge in [-0.05, 0) is 36.5 Å². The highest BCUT2D eigenvalue weighted by atomic mass is 32.2. The molecule has 1 unspecified atom stereocenters. The van der Waals surface area contributed by atoms with Crippen molar-refractivity contribution in [2.24, 2.45) is 5.84 Å². The predicted octanol–water partition coefficient (Wildman–Crippen LogP) is 1.65. The lowest BCUT2D eigenvalue weighted by molar-refractivity contribution is 0.541. The molecule has 1 aromatic heterocycles. The van der Waals surface area contributed by atoms with E-state index in [0.29, 0.717) is 0 Å². The molecule has 0 fully saturated rings.